The second kappa shape index (κ2) is 8.05. The highest BCUT2D eigenvalue weighted by atomic mass is 16.3. The normalized spacial score (nSPS) is 12.0. The van der Waals surface area contributed by atoms with E-state index in [1.54, 1.807) is 0 Å². The topological polar surface area (TPSA) is 83.9 Å². The maximum atomic E-state index is 11.1. The predicted molar refractivity (Wildman–Crippen MR) is 107 cm³/mol. The van der Waals surface area contributed by atoms with Crippen molar-refractivity contribution < 1.29 is 9.90 Å². The average molecular weight is 364 g/mol. The van der Waals surface area contributed by atoms with E-state index in [0.29, 0.717) is 5.56 Å². The number of nitrogens with two attached hydrogens (primary N) is 1. The molecule has 0 saturated heterocycles. The molecule has 140 valence electrons. The summed E-state index contributed by atoms with van der Waals surface area (Å²) in [5.41, 5.74) is 9.60. The number of benzene rings is 1. The number of aliphatic hydroxyl groups is 1. The van der Waals surface area contributed by atoms with Crippen LogP contribution < -0.4 is 5.73 Å². The van der Waals surface area contributed by atoms with E-state index in [4.69, 9.17) is 10.7 Å². The maximum absolute atomic E-state index is 11.1. The Morgan fingerprint density at radius 2 is 2.04 bits per heavy atom. The van der Waals surface area contributed by atoms with Gasteiger partial charge < -0.3 is 20.1 Å². The average Bonchev–Trinajstić information content (AvgIpc) is 3.00. The van der Waals surface area contributed by atoms with Gasteiger partial charge in [-0.05, 0) is 43.8 Å². The highest BCUT2D eigenvalue weighted by Crippen LogP contribution is 2.26. The van der Waals surface area contributed by atoms with Crippen molar-refractivity contribution in [3.8, 4) is 11.3 Å². The molecule has 6 nitrogen and oxygen atoms in total. The number of amides is 1. The molecule has 6 heteroatoms. The molecule has 0 bridgehead atoms. The molecular weight excluding hydrogens is 340 g/mol. The van der Waals surface area contributed by atoms with E-state index in [1.807, 2.05) is 53.1 Å². The first-order valence-corrected chi connectivity index (χ1v) is 8.95. The van der Waals surface area contributed by atoms with Crippen LogP contribution in [0.2, 0.25) is 0 Å². The fourth-order valence-corrected chi connectivity index (χ4v) is 3.12. The van der Waals surface area contributed by atoms with Crippen LogP contribution >= 0.6 is 0 Å². The van der Waals surface area contributed by atoms with Gasteiger partial charge in [0.2, 0.25) is 0 Å². The molecule has 0 aliphatic carbocycles. The van der Waals surface area contributed by atoms with E-state index >= 15 is 0 Å². The number of fused-ring (bicyclic) bond motifs is 1. The molecule has 0 spiro atoms. The van der Waals surface area contributed by atoms with Crippen molar-refractivity contribution in [3.63, 3.8) is 0 Å². The minimum atomic E-state index is -0.856. The van der Waals surface area contributed by atoms with Crippen LogP contribution in [0.1, 0.15) is 24.6 Å². The van der Waals surface area contributed by atoms with Crippen molar-refractivity contribution in [2.75, 3.05) is 13.6 Å². The number of hydrogen-bond acceptors (Lipinski definition) is 4. The van der Waals surface area contributed by atoms with E-state index in [1.165, 1.54) is 6.08 Å². The molecule has 0 unspecified atom stereocenters. The number of primary amides is 1. The van der Waals surface area contributed by atoms with E-state index in [9.17, 15) is 9.90 Å². The fraction of sp³-hybridized carbons (Fsp3) is 0.238. The summed E-state index contributed by atoms with van der Waals surface area (Å²) in [6, 6.07) is 13.7. The molecular formula is C21H24N4O2. The largest absolute Gasteiger partial charge is 0.503 e. The van der Waals surface area contributed by atoms with Gasteiger partial charge in [0.15, 0.2) is 5.76 Å². The first-order chi connectivity index (χ1) is 13.0. The van der Waals surface area contributed by atoms with Crippen LogP contribution in [0, 0.1) is 0 Å². The summed E-state index contributed by atoms with van der Waals surface area (Å²) in [5.74, 6) is -1.33. The molecule has 1 amide bonds. The quantitative estimate of drug-likeness (QED) is 0.498. The van der Waals surface area contributed by atoms with Crippen LogP contribution in [-0.2, 0) is 11.3 Å². The molecule has 0 fully saturated rings. The van der Waals surface area contributed by atoms with Gasteiger partial charge in [-0.15, -0.1) is 0 Å². The number of rotatable bonds is 7. The van der Waals surface area contributed by atoms with Crippen molar-refractivity contribution in [1.82, 2.24) is 14.3 Å². The van der Waals surface area contributed by atoms with Gasteiger partial charge in [-0.25, -0.2) is 4.98 Å². The summed E-state index contributed by atoms with van der Waals surface area (Å²) in [6.07, 6.45) is 4.33. The van der Waals surface area contributed by atoms with Gasteiger partial charge >= 0.3 is 0 Å². The van der Waals surface area contributed by atoms with Crippen LogP contribution in [0.3, 0.4) is 0 Å². The summed E-state index contributed by atoms with van der Waals surface area (Å²) in [5, 5.41) is 9.62. The first kappa shape index (κ1) is 18.7. The van der Waals surface area contributed by atoms with Gasteiger partial charge in [0.25, 0.3) is 5.91 Å². The highest BCUT2D eigenvalue weighted by Gasteiger charge is 2.16. The van der Waals surface area contributed by atoms with Crippen molar-refractivity contribution in [1.29, 1.82) is 0 Å². The van der Waals surface area contributed by atoms with E-state index in [2.05, 4.69) is 18.9 Å². The van der Waals surface area contributed by atoms with Gasteiger partial charge in [0.05, 0.1) is 11.4 Å². The molecule has 27 heavy (non-hydrogen) atoms. The Labute approximate surface area is 158 Å². The third-order valence-electron chi connectivity index (χ3n) is 4.38. The number of carbonyl (C=O) groups is 1. The van der Waals surface area contributed by atoms with E-state index in [0.717, 1.165) is 42.1 Å². The molecule has 2 aromatic heterocycles. The Morgan fingerprint density at radius 1 is 1.30 bits per heavy atom. The van der Waals surface area contributed by atoms with Crippen molar-refractivity contribution in [2.45, 2.75) is 19.9 Å². The van der Waals surface area contributed by atoms with Gasteiger partial charge in [-0.3, -0.25) is 4.79 Å². The summed E-state index contributed by atoms with van der Waals surface area (Å²) in [4.78, 5) is 18.2. The second-order valence-corrected chi connectivity index (χ2v) is 6.59. The lowest BCUT2D eigenvalue weighted by Gasteiger charge is -2.16. The third-order valence-corrected chi connectivity index (χ3v) is 4.38. The Kier molecular flexibility index (Phi) is 5.57. The van der Waals surface area contributed by atoms with Gasteiger partial charge in [-0.2, -0.15) is 0 Å². The van der Waals surface area contributed by atoms with Crippen molar-refractivity contribution >= 4 is 17.6 Å². The van der Waals surface area contributed by atoms with E-state index < -0.39 is 11.7 Å². The van der Waals surface area contributed by atoms with Crippen molar-refractivity contribution in [2.24, 2.45) is 5.73 Å². The van der Waals surface area contributed by atoms with E-state index in [-0.39, 0.29) is 0 Å². The molecule has 3 N–H and O–H groups in total. The summed E-state index contributed by atoms with van der Waals surface area (Å²) in [6.45, 7) is 3.92. The second-order valence-electron chi connectivity index (χ2n) is 6.59. The minimum absolute atomic E-state index is 0.475. The lowest BCUT2D eigenvalue weighted by atomic mass is 10.1. The predicted octanol–water partition coefficient (Wildman–Crippen LogP) is 3.23. The van der Waals surface area contributed by atoms with Gasteiger partial charge in [0, 0.05) is 18.3 Å². The molecule has 1 aromatic carbocycles. The minimum Gasteiger partial charge on any atom is -0.503 e. The number of hydrogen-bond donors (Lipinski definition) is 2. The van der Waals surface area contributed by atoms with Crippen LogP contribution in [-0.4, -0.2) is 38.9 Å². The van der Waals surface area contributed by atoms with Gasteiger partial charge in [-0.1, -0.05) is 37.3 Å². The molecule has 0 aliphatic heterocycles. The SMILES string of the molecule is CCCN(C)Cc1c(-c2ccccc2)nc2cc(/C=C(\O)C(N)=O)ccn12. The first-order valence-electron chi connectivity index (χ1n) is 8.95. The number of imidazole rings is 1. The third kappa shape index (κ3) is 4.17. The molecule has 0 radical (unpaired) electrons. The van der Waals surface area contributed by atoms with Crippen LogP contribution in [0.25, 0.3) is 23.0 Å². The zero-order valence-corrected chi connectivity index (χ0v) is 15.6. The molecule has 2 heterocycles. The van der Waals surface area contributed by atoms with Gasteiger partial charge in [0.1, 0.15) is 5.65 Å². The molecule has 0 saturated carbocycles. The zero-order chi connectivity index (χ0) is 19.4. The monoisotopic (exact) mass is 364 g/mol. The standard InChI is InChI=1S/C21H24N4O2/c1-3-10-24(2)14-17-20(16-7-5-4-6-8-16)23-19-13-15(9-11-25(17)19)12-18(26)21(22)27/h4-9,11-13,26H,3,10,14H2,1-2H3,(H2,22,27)/b18-12-. The number of nitrogens with zero attached hydrogens (tertiary/aromatic N) is 3. The summed E-state index contributed by atoms with van der Waals surface area (Å²) in [7, 11) is 2.10. The van der Waals surface area contributed by atoms with Crippen molar-refractivity contribution in [3.05, 3.63) is 65.7 Å². The number of aliphatic hydroxyl groups excluding tert-OH is 1. The Morgan fingerprint density at radius 3 is 2.70 bits per heavy atom. The molecule has 3 rings (SSSR count). The number of pyridine rings is 1. The lowest BCUT2D eigenvalue weighted by Crippen LogP contribution is -2.20. The smallest absolute Gasteiger partial charge is 0.283 e. The maximum Gasteiger partial charge on any atom is 0.283 e. The highest BCUT2D eigenvalue weighted by molar-refractivity contribution is 5.94. The van der Waals surface area contributed by atoms with Crippen LogP contribution in [0.5, 0.6) is 0 Å². The summed E-state index contributed by atoms with van der Waals surface area (Å²) < 4.78 is 2.05. The van der Waals surface area contributed by atoms with Crippen LogP contribution in [0.4, 0.5) is 0 Å². The molecule has 0 atom stereocenters. The number of aromatic nitrogens is 2. The lowest BCUT2D eigenvalue weighted by molar-refractivity contribution is -0.116. The Hall–Kier alpha value is -3.12. The zero-order valence-electron chi connectivity index (χ0n) is 15.6. The van der Waals surface area contributed by atoms with Crippen LogP contribution in [0.15, 0.2) is 54.4 Å². The summed E-state index contributed by atoms with van der Waals surface area (Å²) >= 11 is 0. The molecule has 0 aliphatic rings. The Bertz CT molecular complexity index is 977. The Balaban J connectivity index is 2.11. The fourth-order valence-electron chi connectivity index (χ4n) is 3.12. The molecule has 3 aromatic rings. The number of carbonyl (C=O) groups excluding carboxylic acids is 1.